The van der Waals surface area contributed by atoms with Crippen LogP contribution >= 0.6 is 11.8 Å². The van der Waals surface area contributed by atoms with Crippen LogP contribution < -0.4 is 10.6 Å². The molecule has 0 bridgehead atoms. The van der Waals surface area contributed by atoms with Gasteiger partial charge in [-0.1, -0.05) is 36.0 Å². The Bertz CT molecular complexity index is 1340. The Labute approximate surface area is 206 Å². The molecule has 3 aromatic carbocycles. The molecular weight excluding hydrogens is 465 g/mol. The maximum absolute atomic E-state index is 13.1. The van der Waals surface area contributed by atoms with Crippen LogP contribution in [0.5, 0.6) is 0 Å². The third-order valence-corrected chi connectivity index (χ3v) is 6.28. The fourth-order valence-corrected chi connectivity index (χ4v) is 4.12. The number of thioether (sulfide) groups is 1. The molecule has 0 aliphatic heterocycles. The van der Waals surface area contributed by atoms with Gasteiger partial charge in [-0.05, 0) is 73.5 Å². The molecule has 1 heterocycles. The summed E-state index contributed by atoms with van der Waals surface area (Å²) in [6.45, 7) is 4.13. The molecule has 0 unspecified atom stereocenters. The maximum Gasteiger partial charge on any atom is 0.251 e. The van der Waals surface area contributed by atoms with E-state index in [2.05, 4.69) is 20.8 Å². The second kappa shape index (κ2) is 11.0. The van der Waals surface area contributed by atoms with E-state index in [0.717, 1.165) is 16.8 Å². The summed E-state index contributed by atoms with van der Waals surface area (Å²) >= 11 is 1.22. The summed E-state index contributed by atoms with van der Waals surface area (Å²) in [5.41, 5.74) is 4.06. The number of aromatic nitrogens is 3. The Kier molecular flexibility index (Phi) is 7.57. The number of nitrogens with zero attached hydrogens (tertiary/aromatic N) is 3. The lowest BCUT2D eigenvalue weighted by molar-refractivity contribution is -0.113. The van der Waals surface area contributed by atoms with E-state index in [-0.39, 0.29) is 29.9 Å². The summed E-state index contributed by atoms with van der Waals surface area (Å²) in [5.74, 6) is -0.213. The summed E-state index contributed by atoms with van der Waals surface area (Å²) in [6, 6.07) is 20.6. The van der Waals surface area contributed by atoms with Crippen molar-refractivity contribution >= 4 is 29.3 Å². The smallest absolute Gasteiger partial charge is 0.251 e. The summed E-state index contributed by atoms with van der Waals surface area (Å²) in [7, 11) is 0. The van der Waals surface area contributed by atoms with E-state index in [1.807, 2.05) is 60.9 Å². The molecule has 2 amide bonds. The zero-order valence-electron chi connectivity index (χ0n) is 19.3. The number of para-hydroxylation sites is 1. The van der Waals surface area contributed by atoms with Crippen molar-refractivity contribution in [2.45, 2.75) is 25.5 Å². The van der Waals surface area contributed by atoms with Gasteiger partial charge in [0.05, 0.1) is 12.3 Å². The van der Waals surface area contributed by atoms with E-state index >= 15 is 0 Å². The SMILES string of the molecule is Cc1ccc(C(=O)NCc2nnc(SCC(=O)Nc3ccc(F)cc3)n2-c2ccccc2)cc1C. The first-order valence-corrected chi connectivity index (χ1v) is 11.9. The number of nitrogens with one attached hydrogen (secondary N) is 2. The van der Waals surface area contributed by atoms with E-state index in [1.54, 1.807) is 6.07 Å². The van der Waals surface area contributed by atoms with Crippen molar-refractivity contribution in [2.24, 2.45) is 0 Å². The van der Waals surface area contributed by atoms with Gasteiger partial charge in [0, 0.05) is 16.9 Å². The summed E-state index contributed by atoms with van der Waals surface area (Å²) in [6.07, 6.45) is 0. The minimum atomic E-state index is -0.370. The first kappa shape index (κ1) is 24.2. The van der Waals surface area contributed by atoms with Gasteiger partial charge in [0.25, 0.3) is 5.91 Å². The second-order valence-electron chi connectivity index (χ2n) is 7.90. The Morgan fingerprint density at radius 2 is 1.69 bits per heavy atom. The molecule has 35 heavy (non-hydrogen) atoms. The van der Waals surface area contributed by atoms with Gasteiger partial charge in [0.15, 0.2) is 11.0 Å². The van der Waals surface area contributed by atoms with Crippen LogP contribution in [0.15, 0.2) is 78.0 Å². The first-order valence-electron chi connectivity index (χ1n) is 10.9. The van der Waals surface area contributed by atoms with Gasteiger partial charge in [-0.25, -0.2) is 4.39 Å². The van der Waals surface area contributed by atoms with Crippen LogP contribution in [0, 0.1) is 19.7 Å². The lowest BCUT2D eigenvalue weighted by Crippen LogP contribution is -2.24. The highest BCUT2D eigenvalue weighted by atomic mass is 32.2. The molecule has 1 aromatic heterocycles. The third kappa shape index (κ3) is 6.13. The fourth-order valence-electron chi connectivity index (χ4n) is 3.35. The van der Waals surface area contributed by atoms with Crippen LogP contribution in [-0.2, 0) is 11.3 Å². The number of anilines is 1. The van der Waals surface area contributed by atoms with Gasteiger partial charge < -0.3 is 10.6 Å². The third-order valence-electron chi connectivity index (χ3n) is 5.35. The van der Waals surface area contributed by atoms with Crippen LogP contribution in [0.4, 0.5) is 10.1 Å². The lowest BCUT2D eigenvalue weighted by Gasteiger charge is -2.11. The Hall–Kier alpha value is -3.98. The van der Waals surface area contributed by atoms with Crippen molar-refractivity contribution in [1.82, 2.24) is 20.1 Å². The molecule has 0 aliphatic rings. The van der Waals surface area contributed by atoms with Crippen LogP contribution in [0.1, 0.15) is 27.3 Å². The highest BCUT2D eigenvalue weighted by Crippen LogP contribution is 2.22. The zero-order valence-corrected chi connectivity index (χ0v) is 20.1. The van der Waals surface area contributed by atoms with Crippen LogP contribution in [-0.4, -0.2) is 32.3 Å². The van der Waals surface area contributed by atoms with E-state index in [9.17, 15) is 14.0 Å². The van der Waals surface area contributed by atoms with Crippen molar-refractivity contribution in [2.75, 3.05) is 11.1 Å². The molecular formula is C26H24FN5O2S. The first-order chi connectivity index (χ1) is 16.9. The topological polar surface area (TPSA) is 88.9 Å². The van der Waals surface area contributed by atoms with Gasteiger partial charge in [-0.3, -0.25) is 14.2 Å². The minimum absolute atomic E-state index is 0.0807. The molecule has 178 valence electrons. The number of amides is 2. The number of benzene rings is 3. The predicted octanol–water partition coefficient (Wildman–Crippen LogP) is 4.68. The van der Waals surface area contributed by atoms with E-state index in [1.165, 1.54) is 36.0 Å². The van der Waals surface area contributed by atoms with E-state index < -0.39 is 0 Å². The van der Waals surface area contributed by atoms with Gasteiger partial charge in [-0.15, -0.1) is 10.2 Å². The minimum Gasteiger partial charge on any atom is -0.345 e. The van der Waals surface area contributed by atoms with Gasteiger partial charge in [0.1, 0.15) is 5.82 Å². The second-order valence-corrected chi connectivity index (χ2v) is 8.84. The van der Waals surface area contributed by atoms with Crippen LogP contribution in [0.3, 0.4) is 0 Å². The summed E-state index contributed by atoms with van der Waals surface area (Å²) in [5, 5.41) is 14.7. The van der Waals surface area contributed by atoms with Crippen LogP contribution in [0.25, 0.3) is 5.69 Å². The molecule has 9 heteroatoms. The normalized spacial score (nSPS) is 10.7. The number of carbonyl (C=O) groups excluding carboxylic acids is 2. The molecule has 0 spiro atoms. The molecule has 4 rings (SSSR count). The zero-order chi connectivity index (χ0) is 24.8. The molecule has 0 atom stereocenters. The molecule has 7 nitrogen and oxygen atoms in total. The number of aryl methyl sites for hydroxylation is 2. The molecule has 0 saturated heterocycles. The maximum atomic E-state index is 13.1. The van der Waals surface area contributed by atoms with Crippen molar-refractivity contribution in [3.8, 4) is 5.69 Å². The number of hydrogen-bond donors (Lipinski definition) is 2. The molecule has 0 aliphatic carbocycles. The Morgan fingerprint density at radius 3 is 2.40 bits per heavy atom. The largest absolute Gasteiger partial charge is 0.345 e. The molecule has 4 aromatic rings. The summed E-state index contributed by atoms with van der Waals surface area (Å²) < 4.78 is 14.9. The lowest BCUT2D eigenvalue weighted by atomic mass is 10.1. The molecule has 2 N–H and O–H groups in total. The van der Waals surface area contributed by atoms with Gasteiger partial charge in [-0.2, -0.15) is 0 Å². The van der Waals surface area contributed by atoms with Gasteiger partial charge >= 0.3 is 0 Å². The number of rotatable bonds is 8. The van der Waals surface area contributed by atoms with E-state index in [0.29, 0.717) is 22.2 Å². The highest BCUT2D eigenvalue weighted by Gasteiger charge is 2.17. The van der Waals surface area contributed by atoms with Crippen molar-refractivity contribution in [3.05, 3.63) is 101 Å². The van der Waals surface area contributed by atoms with Gasteiger partial charge in [0.2, 0.25) is 5.91 Å². The Balaban J connectivity index is 1.47. The van der Waals surface area contributed by atoms with Crippen molar-refractivity contribution in [1.29, 1.82) is 0 Å². The Morgan fingerprint density at radius 1 is 0.943 bits per heavy atom. The summed E-state index contributed by atoms with van der Waals surface area (Å²) in [4.78, 5) is 25.1. The van der Waals surface area contributed by atoms with Crippen molar-refractivity contribution < 1.29 is 14.0 Å². The average molecular weight is 490 g/mol. The quantitative estimate of drug-likeness (QED) is 0.351. The van der Waals surface area contributed by atoms with Crippen molar-refractivity contribution in [3.63, 3.8) is 0 Å². The number of halogens is 1. The fraction of sp³-hybridized carbons (Fsp3) is 0.154. The van der Waals surface area contributed by atoms with Crippen LogP contribution in [0.2, 0.25) is 0 Å². The average Bonchev–Trinajstić information content (AvgIpc) is 3.27. The highest BCUT2D eigenvalue weighted by molar-refractivity contribution is 7.99. The molecule has 0 radical (unpaired) electrons. The predicted molar refractivity (Wildman–Crippen MR) is 134 cm³/mol. The number of carbonyl (C=O) groups is 2. The number of hydrogen-bond acceptors (Lipinski definition) is 5. The monoisotopic (exact) mass is 489 g/mol. The molecule has 0 saturated carbocycles. The standard InChI is InChI=1S/C26H24FN5O2S/c1-17-8-9-19(14-18(17)2)25(34)28-15-23-30-31-26(32(23)22-6-4-3-5-7-22)35-16-24(33)29-21-12-10-20(27)11-13-21/h3-14H,15-16H2,1-2H3,(H,28,34)(H,29,33). The molecule has 0 fully saturated rings. The van der Waals surface area contributed by atoms with E-state index in [4.69, 9.17) is 0 Å².